The number of nitrogens with zero attached hydrogens (tertiary/aromatic N) is 1. The van der Waals surface area contributed by atoms with Crippen molar-refractivity contribution in [1.29, 1.82) is 0 Å². The van der Waals surface area contributed by atoms with E-state index in [9.17, 15) is 4.79 Å². The van der Waals surface area contributed by atoms with Gasteiger partial charge in [0.1, 0.15) is 0 Å². The summed E-state index contributed by atoms with van der Waals surface area (Å²) >= 11 is 1.50. The molecule has 0 spiro atoms. The Morgan fingerprint density at radius 2 is 2.31 bits per heavy atom. The quantitative estimate of drug-likeness (QED) is 0.772. The van der Waals surface area contributed by atoms with E-state index in [2.05, 4.69) is 15.5 Å². The smallest absolute Gasteiger partial charge is 0.234 e. The van der Waals surface area contributed by atoms with Gasteiger partial charge in [-0.3, -0.25) is 9.89 Å². The van der Waals surface area contributed by atoms with Gasteiger partial charge in [0.15, 0.2) is 0 Å². The number of rotatable bonds is 3. The van der Waals surface area contributed by atoms with Gasteiger partial charge in [0.2, 0.25) is 5.91 Å². The Morgan fingerprint density at radius 1 is 1.62 bits per heavy atom. The molecule has 4 nitrogen and oxygen atoms in total. The standard InChI is InChI=1S/C8H13N3OS/c1-5-8(6(2)11-10-5)9-7(12)4-13-3/h4H2,1-3H3,(H,9,12)(H,10,11). The highest BCUT2D eigenvalue weighted by molar-refractivity contribution is 7.99. The van der Waals surface area contributed by atoms with Crippen LogP contribution in [0.15, 0.2) is 0 Å². The second kappa shape index (κ2) is 4.32. The van der Waals surface area contributed by atoms with Gasteiger partial charge in [-0.1, -0.05) is 0 Å². The first-order valence-corrected chi connectivity index (χ1v) is 5.35. The zero-order valence-corrected chi connectivity index (χ0v) is 8.79. The van der Waals surface area contributed by atoms with Crippen LogP contribution in [0.2, 0.25) is 0 Å². The molecule has 0 aliphatic rings. The first kappa shape index (κ1) is 10.1. The summed E-state index contributed by atoms with van der Waals surface area (Å²) in [6.45, 7) is 3.74. The highest BCUT2D eigenvalue weighted by Crippen LogP contribution is 2.15. The van der Waals surface area contributed by atoms with Crippen molar-refractivity contribution in [1.82, 2.24) is 10.2 Å². The molecular formula is C8H13N3OS. The molecule has 0 unspecified atom stereocenters. The van der Waals surface area contributed by atoms with E-state index >= 15 is 0 Å². The van der Waals surface area contributed by atoms with Crippen LogP contribution >= 0.6 is 11.8 Å². The molecule has 0 aromatic carbocycles. The molecule has 1 aromatic rings. The summed E-state index contributed by atoms with van der Waals surface area (Å²) in [5, 5.41) is 9.60. The summed E-state index contributed by atoms with van der Waals surface area (Å²) in [6, 6.07) is 0. The fourth-order valence-corrected chi connectivity index (χ4v) is 1.38. The molecule has 0 fully saturated rings. The number of thioether (sulfide) groups is 1. The molecule has 0 aliphatic carbocycles. The maximum Gasteiger partial charge on any atom is 0.234 e. The summed E-state index contributed by atoms with van der Waals surface area (Å²) < 4.78 is 0. The van der Waals surface area contributed by atoms with Gasteiger partial charge in [-0.2, -0.15) is 16.9 Å². The number of hydrogen-bond donors (Lipinski definition) is 2. The van der Waals surface area contributed by atoms with Gasteiger partial charge >= 0.3 is 0 Å². The van der Waals surface area contributed by atoms with Gasteiger partial charge in [0.25, 0.3) is 0 Å². The first-order valence-electron chi connectivity index (χ1n) is 3.95. The average Bonchev–Trinajstić information content (AvgIpc) is 2.36. The number of carbonyl (C=O) groups excluding carboxylic acids is 1. The summed E-state index contributed by atoms with van der Waals surface area (Å²) in [7, 11) is 0. The molecule has 1 aromatic heterocycles. The lowest BCUT2D eigenvalue weighted by molar-refractivity contribution is -0.113. The molecule has 1 heterocycles. The fourth-order valence-electron chi connectivity index (χ4n) is 1.04. The van der Waals surface area contributed by atoms with Crippen LogP contribution in [0.25, 0.3) is 0 Å². The predicted octanol–water partition coefficient (Wildman–Crippen LogP) is 1.33. The number of nitrogens with one attached hydrogen (secondary N) is 2. The molecular weight excluding hydrogens is 186 g/mol. The number of hydrogen-bond acceptors (Lipinski definition) is 3. The van der Waals surface area contributed by atoms with E-state index in [-0.39, 0.29) is 5.91 Å². The molecule has 2 N–H and O–H groups in total. The van der Waals surface area contributed by atoms with Gasteiger partial charge < -0.3 is 5.32 Å². The molecule has 0 radical (unpaired) electrons. The Bertz CT molecular complexity index is 289. The zero-order chi connectivity index (χ0) is 9.84. The third-order valence-electron chi connectivity index (χ3n) is 1.67. The van der Waals surface area contributed by atoms with E-state index in [0.717, 1.165) is 17.1 Å². The van der Waals surface area contributed by atoms with Gasteiger partial charge in [-0.05, 0) is 20.1 Å². The third-order valence-corrected chi connectivity index (χ3v) is 2.22. The van der Waals surface area contributed by atoms with E-state index in [1.165, 1.54) is 11.8 Å². The SMILES string of the molecule is CSCC(=O)Nc1c(C)n[nH]c1C. The molecule has 13 heavy (non-hydrogen) atoms. The minimum absolute atomic E-state index is 0.0140. The summed E-state index contributed by atoms with van der Waals surface area (Å²) in [4.78, 5) is 11.2. The van der Waals surface area contributed by atoms with E-state index in [1.807, 2.05) is 20.1 Å². The van der Waals surface area contributed by atoms with Crippen molar-refractivity contribution in [2.45, 2.75) is 13.8 Å². The second-order valence-electron chi connectivity index (χ2n) is 2.79. The lowest BCUT2D eigenvalue weighted by Crippen LogP contribution is -2.14. The molecule has 0 atom stereocenters. The Morgan fingerprint density at radius 3 is 2.77 bits per heavy atom. The number of carbonyl (C=O) groups is 1. The van der Waals surface area contributed by atoms with Crippen LogP contribution in [0, 0.1) is 13.8 Å². The normalized spacial score (nSPS) is 10.1. The van der Waals surface area contributed by atoms with Crippen LogP contribution in [-0.4, -0.2) is 28.1 Å². The number of amides is 1. The van der Waals surface area contributed by atoms with Crippen molar-refractivity contribution in [3.05, 3.63) is 11.4 Å². The maximum atomic E-state index is 11.2. The van der Waals surface area contributed by atoms with Gasteiger partial charge in [0, 0.05) is 0 Å². The van der Waals surface area contributed by atoms with Crippen molar-refractivity contribution >= 4 is 23.4 Å². The Kier molecular flexibility index (Phi) is 3.36. The van der Waals surface area contributed by atoms with E-state index in [4.69, 9.17) is 0 Å². The number of aromatic amines is 1. The molecule has 5 heteroatoms. The third kappa shape index (κ3) is 2.48. The minimum Gasteiger partial charge on any atom is -0.322 e. The maximum absolute atomic E-state index is 11.2. The van der Waals surface area contributed by atoms with Crippen molar-refractivity contribution < 1.29 is 4.79 Å². The Labute approximate surface area is 81.5 Å². The summed E-state index contributed by atoms with van der Waals surface area (Å²) in [5.74, 6) is 0.490. The van der Waals surface area contributed by atoms with Crippen LogP contribution < -0.4 is 5.32 Å². The monoisotopic (exact) mass is 199 g/mol. The lowest BCUT2D eigenvalue weighted by atomic mass is 10.3. The Hall–Kier alpha value is -0.970. The Balaban J connectivity index is 2.68. The summed E-state index contributed by atoms with van der Waals surface area (Å²) in [6.07, 6.45) is 1.90. The number of aromatic nitrogens is 2. The largest absolute Gasteiger partial charge is 0.322 e. The minimum atomic E-state index is 0.0140. The van der Waals surface area contributed by atoms with Crippen molar-refractivity contribution in [2.24, 2.45) is 0 Å². The molecule has 0 aliphatic heterocycles. The van der Waals surface area contributed by atoms with Crippen LogP contribution in [0.4, 0.5) is 5.69 Å². The molecule has 0 saturated carbocycles. The highest BCUT2D eigenvalue weighted by atomic mass is 32.2. The molecule has 1 amide bonds. The first-order chi connectivity index (χ1) is 6.15. The number of H-pyrrole nitrogens is 1. The van der Waals surface area contributed by atoms with Crippen LogP contribution in [0.1, 0.15) is 11.4 Å². The highest BCUT2D eigenvalue weighted by Gasteiger charge is 2.08. The van der Waals surface area contributed by atoms with E-state index in [1.54, 1.807) is 0 Å². The van der Waals surface area contributed by atoms with Crippen molar-refractivity contribution in [2.75, 3.05) is 17.3 Å². The van der Waals surface area contributed by atoms with Crippen LogP contribution in [-0.2, 0) is 4.79 Å². The van der Waals surface area contributed by atoms with Crippen molar-refractivity contribution in [3.63, 3.8) is 0 Å². The molecule has 72 valence electrons. The van der Waals surface area contributed by atoms with Gasteiger partial charge in [-0.25, -0.2) is 0 Å². The van der Waals surface area contributed by atoms with Gasteiger partial charge in [-0.15, -0.1) is 0 Å². The second-order valence-corrected chi connectivity index (χ2v) is 3.66. The van der Waals surface area contributed by atoms with Crippen LogP contribution in [0.3, 0.4) is 0 Å². The van der Waals surface area contributed by atoms with Gasteiger partial charge in [0.05, 0.1) is 22.8 Å². The number of anilines is 1. The van der Waals surface area contributed by atoms with Crippen LogP contribution in [0.5, 0.6) is 0 Å². The average molecular weight is 199 g/mol. The lowest BCUT2D eigenvalue weighted by Gasteiger charge is -2.02. The van der Waals surface area contributed by atoms with Crippen molar-refractivity contribution in [3.8, 4) is 0 Å². The molecule has 0 bridgehead atoms. The summed E-state index contributed by atoms with van der Waals surface area (Å²) in [5.41, 5.74) is 2.53. The number of aryl methyl sites for hydroxylation is 2. The van der Waals surface area contributed by atoms with E-state index in [0.29, 0.717) is 5.75 Å². The zero-order valence-electron chi connectivity index (χ0n) is 7.97. The van der Waals surface area contributed by atoms with E-state index < -0.39 is 0 Å². The molecule has 1 rings (SSSR count). The topological polar surface area (TPSA) is 57.8 Å². The fraction of sp³-hybridized carbons (Fsp3) is 0.500. The predicted molar refractivity (Wildman–Crippen MR) is 55.1 cm³/mol. The molecule has 0 saturated heterocycles.